The molecule has 19 heavy (non-hydrogen) atoms. The lowest BCUT2D eigenvalue weighted by molar-refractivity contribution is -0.132. The Morgan fingerprint density at radius 1 is 1.47 bits per heavy atom. The summed E-state index contributed by atoms with van der Waals surface area (Å²) in [6.07, 6.45) is 1.06. The summed E-state index contributed by atoms with van der Waals surface area (Å²) in [5, 5.41) is 3.81. The van der Waals surface area contributed by atoms with Crippen molar-refractivity contribution in [3.63, 3.8) is 0 Å². The van der Waals surface area contributed by atoms with Gasteiger partial charge in [-0.3, -0.25) is 4.79 Å². The molecule has 1 aliphatic rings. The molecule has 2 rings (SSSR count). The van der Waals surface area contributed by atoms with Crippen molar-refractivity contribution >= 4 is 17.5 Å². The second-order valence-electron chi connectivity index (χ2n) is 4.79. The number of hydrogen-bond acceptors (Lipinski definition) is 3. The zero-order valence-electron chi connectivity index (χ0n) is 11.1. The third-order valence-electron chi connectivity index (χ3n) is 3.31. The van der Waals surface area contributed by atoms with E-state index in [0.29, 0.717) is 16.7 Å². The molecule has 0 saturated carbocycles. The van der Waals surface area contributed by atoms with E-state index in [2.05, 4.69) is 5.32 Å². The molecule has 1 aromatic carbocycles. The van der Waals surface area contributed by atoms with E-state index < -0.39 is 0 Å². The van der Waals surface area contributed by atoms with Crippen molar-refractivity contribution < 1.29 is 9.53 Å². The predicted molar refractivity (Wildman–Crippen MR) is 75.6 cm³/mol. The van der Waals surface area contributed by atoms with Crippen LogP contribution in [0.2, 0.25) is 5.02 Å². The lowest BCUT2D eigenvalue weighted by atomic mass is 10.1. The first-order valence-corrected chi connectivity index (χ1v) is 6.87. The van der Waals surface area contributed by atoms with Crippen molar-refractivity contribution in [3.8, 4) is 5.75 Å². The first-order chi connectivity index (χ1) is 9.19. The standard InChI is InChI=1S/C14H19ClN2O2/c1-16-8-11-6-7-17(9-11)14(18)10-19-13-4-2-12(15)3-5-13/h2-5,11,16H,6-10H2,1H3/t11-/m1/s1. The lowest BCUT2D eigenvalue weighted by Gasteiger charge is -2.17. The van der Waals surface area contributed by atoms with Crippen LogP contribution in [0, 0.1) is 5.92 Å². The summed E-state index contributed by atoms with van der Waals surface area (Å²) >= 11 is 5.79. The Morgan fingerprint density at radius 2 is 2.21 bits per heavy atom. The molecule has 0 unspecified atom stereocenters. The number of halogens is 1. The van der Waals surface area contributed by atoms with Gasteiger partial charge in [0.15, 0.2) is 6.61 Å². The van der Waals surface area contributed by atoms with Gasteiger partial charge in [0.25, 0.3) is 5.91 Å². The van der Waals surface area contributed by atoms with Crippen LogP contribution in [0.3, 0.4) is 0 Å². The van der Waals surface area contributed by atoms with Gasteiger partial charge in [0.2, 0.25) is 0 Å². The molecular formula is C14H19ClN2O2. The van der Waals surface area contributed by atoms with E-state index in [1.807, 2.05) is 11.9 Å². The Hall–Kier alpha value is -1.26. The average molecular weight is 283 g/mol. The summed E-state index contributed by atoms with van der Waals surface area (Å²) in [6.45, 7) is 2.70. The van der Waals surface area contributed by atoms with Crippen LogP contribution in [0.4, 0.5) is 0 Å². The Morgan fingerprint density at radius 3 is 2.89 bits per heavy atom. The molecule has 0 radical (unpaired) electrons. The normalized spacial score (nSPS) is 18.6. The van der Waals surface area contributed by atoms with E-state index in [9.17, 15) is 4.79 Å². The number of carbonyl (C=O) groups excluding carboxylic acids is 1. The van der Waals surface area contributed by atoms with E-state index in [1.165, 1.54) is 0 Å². The highest BCUT2D eigenvalue weighted by Gasteiger charge is 2.25. The number of nitrogens with one attached hydrogen (secondary N) is 1. The smallest absolute Gasteiger partial charge is 0.260 e. The molecule has 104 valence electrons. The van der Waals surface area contributed by atoms with Gasteiger partial charge >= 0.3 is 0 Å². The van der Waals surface area contributed by atoms with Crippen molar-refractivity contribution in [2.24, 2.45) is 5.92 Å². The summed E-state index contributed by atoms with van der Waals surface area (Å²) < 4.78 is 5.46. The van der Waals surface area contributed by atoms with Crippen molar-refractivity contribution in [1.82, 2.24) is 10.2 Å². The largest absolute Gasteiger partial charge is 0.484 e. The number of likely N-dealkylation sites (tertiary alicyclic amines) is 1. The van der Waals surface area contributed by atoms with Crippen LogP contribution in [-0.2, 0) is 4.79 Å². The second kappa shape index (κ2) is 6.78. The van der Waals surface area contributed by atoms with Crippen LogP contribution >= 0.6 is 11.6 Å². The summed E-state index contributed by atoms with van der Waals surface area (Å²) in [5.74, 6) is 1.28. The molecule has 1 aliphatic heterocycles. The van der Waals surface area contributed by atoms with Crippen molar-refractivity contribution in [2.75, 3.05) is 33.3 Å². The molecular weight excluding hydrogens is 264 g/mol. The molecule has 0 bridgehead atoms. The summed E-state index contributed by atoms with van der Waals surface area (Å²) in [6, 6.07) is 7.03. The molecule has 1 amide bonds. The second-order valence-corrected chi connectivity index (χ2v) is 5.23. The van der Waals surface area contributed by atoms with Gasteiger partial charge in [-0.25, -0.2) is 0 Å². The van der Waals surface area contributed by atoms with Crippen LogP contribution in [-0.4, -0.2) is 44.1 Å². The van der Waals surface area contributed by atoms with E-state index in [1.54, 1.807) is 24.3 Å². The van der Waals surface area contributed by atoms with Gasteiger partial charge in [-0.05, 0) is 50.2 Å². The number of carbonyl (C=O) groups is 1. The quantitative estimate of drug-likeness (QED) is 0.895. The SMILES string of the molecule is CNC[C@H]1CCN(C(=O)COc2ccc(Cl)cc2)C1. The molecule has 1 fully saturated rings. The first kappa shape index (κ1) is 14.2. The average Bonchev–Trinajstić information content (AvgIpc) is 2.87. The molecule has 1 atom stereocenters. The minimum Gasteiger partial charge on any atom is -0.484 e. The fraction of sp³-hybridized carbons (Fsp3) is 0.500. The molecule has 0 aromatic heterocycles. The van der Waals surface area contributed by atoms with Crippen LogP contribution in [0.15, 0.2) is 24.3 Å². The number of ether oxygens (including phenoxy) is 1. The number of amides is 1. The van der Waals surface area contributed by atoms with Crippen LogP contribution in [0.25, 0.3) is 0 Å². The van der Waals surface area contributed by atoms with Crippen molar-refractivity contribution in [1.29, 1.82) is 0 Å². The molecule has 0 aliphatic carbocycles. The monoisotopic (exact) mass is 282 g/mol. The Kier molecular flexibility index (Phi) is 5.05. The summed E-state index contributed by atoms with van der Waals surface area (Å²) in [5.41, 5.74) is 0. The van der Waals surface area contributed by atoms with Gasteiger partial charge in [0.1, 0.15) is 5.75 Å². The Labute approximate surface area is 118 Å². The van der Waals surface area contributed by atoms with E-state index in [4.69, 9.17) is 16.3 Å². The van der Waals surface area contributed by atoms with Crippen molar-refractivity contribution in [2.45, 2.75) is 6.42 Å². The van der Waals surface area contributed by atoms with E-state index in [0.717, 1.165) is 26.1 Å². The molecule has 1 saturated heterocycles. The third kappa shape index (κ3) is 4.11. The lowest BCUT2D eigenvalue weighted by Crippen LogP contribution is -2.34. The molecule has 5 heteroatoms. The van der Waals surface area contributed by atoms with Gasteiger partial charge in [-0.15, -0.1) is 0 Å². The number of benzene rings is 1. The molecule has 1 N–H and O–H groups in total. The highest BCUT2D eigenvalue weighted by molar-refractivity contribution is 6.30. The highest BCUT2D eigenvalue weighted by Crippen LogP contribution is 2.17. The Balaban J connectivity index is 1.77. The van der Waals surface area contributed by atoms with Crippen molar-refractivity contribution in [3.05, 3.63) is 29.3 Å². The number of nitrogens with zero attached hydrogens (tertiary/aromatic N) is 1. The molecule has 1 aromatic rings. The van der Waals surface area contributed by atoms with E-state index >= 15 is 0 Å². The van der Waals surface area contributed by atoms with E-state index in [-0.39, 0.29) is 12.5 Å². The molecule has 1 heterocycles. The predicted octanol–water partition coefficient (Wildman–Crippen LogP) is 1.79. The third-order valence-corrected chi connectivity index (χ3v) is 3.56. The van der Waals surface area contributed by atoms with Gasteiger partial charge in [0, 0.05) is 18.1 Å². The van der Waals surface area contributed by atoms with Gasteiger partial charge in [-0.2, -0.15) is 0 Å². The number of hydrogen-bond donors (Lipinski definition) is 1. The maximum absolute atomic E-state index is 12.0. The van der Waals surface area contributed by atoms with Gasteiger partial charge < -0.3 is 15.0 Å². The summed E-state index contributed by atoms with van der Waals surface area (Å²) in [4.78, 5) is 13.9. The van der Waals surface area contributed by atoms with Crippen LogP contribution in [0.5, 0.6) is 5.75 Å². The fourth-order valence-corrected chi connectivity index (χ4v) is 2.41. The maximum Gasteiger partial charge on any atom is 0.260 e. The zero-order chi connectivity index (χ0) is 13.7. The number of rotatable bonds is 5. The fourth-order valence-electron chi connectivity index (χ4n) is 2.28. The zero-order valence-corrected chi connectivity index (χ0v) is 11.8. The van der Waals surface area contributed by atoms with Crippen LogP contribution in [0.1, 0.15) is 6.42 Å². The molecule has 0 spiro atoms. The highest BCUT2D eigenvalue weighted by atomic mass is 35.5. The van der Waals surface area contributed by atoms with Gasteiger partial charge in [-0.1, -0.05) is 11.6 Å². The first-order valence-electron chi connectivity index (χ1n) is 6.50. The minimum atomic E-state index is 0.0496. The van der Waals surface area contributed by atoms with Gasteiger partial charge in [0.05, 0.1) is 0 Å². The summed E-state index contributed by atoms with van der Waals surface area (Å²) in [7, 11) is 1.94. The molecule has 4 nitrogen and oxygen atoms in total. The minimum absolute atomic E-state index is 0.0496. The maximum atomic E-state index is 12.0. The van der Waals surface area contributed by atoms with Crippen LogP contribution < -0.4 is 10.1 Å². The topological polar surface area (TPSA) is 41.6 Å². The Bertz CT molecular complexity index is 422.